The molecule has 1 aliphatic heterocycles. The molecule has 0 saturated carbocycles. The largest absolute Gasteiger partial charge is 0.305 e. The predicted molar refractivity (Wildman–Crippen MR) is 88.8 cm³/mol. The lowest BCUT2D eigenvalue weighted by Gasteiger charge is -2.48. The first-order chi connectivity index (χ1) is 10.1. The van der Waals surface area contributed by atoms with Crippen molar-refractivity contribution in [2.45, 2.75) is 77.2 Å². The molecule has 0 aliphatic carbocycles. The number of halogens is 1. The molecule has 1 aromatic carbocycles. The van der Waals surface area contributed by atoms with Crippen LogP contribution >= 0.6 is 11.6 Å². The molecule has 0 fully saturated rings. The fourth-order valence-corrected chi connectivity index (χ4v) is 3.38. The van der Waals surface area contributed by atoms with Crippen molar-refractivity contribution in [3.05, 3.63) is 34.3 Å². The quantitative estimate of drug-likeness (QED) is 0.706. The van der Waals surface area contributed by atoms with Gasteiger partial charge in [0.15, 0.2) is 0 Å². The molecule has 2 rings (SSSR count). The molecule has 2 heteroatoms. The zero-order valence-corrected chi connectivity index (χ0v) is 14.4. The third-order valence-corrected chi connectivity index (χ3v) is 5.87. The minimum absolute atomic E-state index is 0.257. The second-order valence-corrected chi connectivity index (χ2v) is 8.25. The van der Waals surface area contributed by atoms with Crippen LogP contribution in [0.15, 0.2) is 18.2 Å². The van der Waals surface area contributed by atoms with Crippen molar-refractivity contribution >= 4 is 11.6 Å². The van der Waals surface area contributed by atoms with E-state index in [1.165, 1.54) is 0 Å². The number of rotatable bonds is 0. The van der Waals surface area contributed by atoms with Gasteiger partial charge in [0.05, 0.1) is 0 Å². The molecule has 0 unspecified atom stereocenters. The molecule has 20 heavy (non-hydrogen) atoms. The molecule has 1 atom stereocenters. The first kappa shape index (κ1) is 12.1. The van der Waals surface area contributed by atoms with Gasteiger partial charge in [-0.15, -0.1) is 0 Å². The van der Waals surface area contributed by atoms with Crippen LogP contribution in [0.4, 0.5) is 0 Å². The van der Waals surface area contributed by atoms with E-state index in [-0.39, 0.29) is 11.0 Å². The summed E-state index contributed by atoms with van der Waals surface area (Å²) in [6.07, 6.45) is 0. The van der Waals surface area contributed by atoms with E-state index in [1.54, 1.807) is 0 Å². The van der Waals surface area contributed by atoms with Gasteiger partial charge in [-0.05, 0) is 51.0 Å². The number of nitrogens with one attached hydrogen (secondary N) is 1. The fraction of sp³-hybridized carbons (Fsp3) is 0.667. The Bertz CT molecular complexity index is 632. The first-order valence-electron chi connectivity index (χ1n) is 8.68. The molecule has 0 amide bonds. The van der Waals surface area contributed by atoms with Crippen molar-refractivity contribution in [1.82, 2.24) is 5.32 Å². The van der Waals surface area contributed by atoms with Crippen LogP contribution in [-0.4, -0.2) is 11.1 Å². The summed E-state index contributed by atoms with van der Waals surface area (Å²) in [4.78, 5) is 0. The van der Waals surface area contributed by atoms with E-state index < -0.39 is 17.8 Å². The summed E-state index contributed by atoms with van der Waals surface area (Å²) in [5.74, 6) is 0. The lowest BCUT2D eigenvalue weighted by Crippen LogP contribution is -2.63. The summed E-state index contributed by atoms with van der Waals surface area (Å²) in [6.45, 7) is 12.2. The van der Waals surface area contributed by atoms with Crippen molar-refractivity contribution < 1.29 is 4.11 Å². The normalized spacial score (nSPS) is 33.3. The average Bonchev–Trinajstić information content (AvgIpc) is 2.36. The highest BCUT2D eigenvalue weighted by Crippen LogP contribution is 2.49. The average molecular weight is 297 g/mol. The first-order valence-corrected chi connectivity index (χ1v) is 7.55. The van der Waals surface area contributed by atoms with Crippen LogP contribution in [0.2, 0.25) is 5.02 Å². The molecule has 0 aromatic heterocycles. The Morgan fingerprint density at radius 2 is 1.45 bits per heavy atom. The summed E-state index contributed by atoms with van der Waals surface area (Å²) in [7, 11) is 0. The second kappa shape index (κ2) is 4.24. The van der Waals surface area contributed by atoms with Crippen LogP contribution in [0.3, 0.4) is 0 Å². The van der Waals surface area contributed by atoms with Crippen molar-refractivity contribution in [2.24, 2.45) is 0 Å². The predicted octanol–water partition coefficient (Wildman–Crippen LogP) is 5.06. The summed E-state index contributed by atoms with van der Waals surface area (Å²) in [5.41, 5.74) is -0.392. The van der Waals surface area contributed by atoms with Gasteiger partial charge in [0.1, 0.15) is 0 Å². The maximum Gasteiger partial charge on any atom is 0.0409 e. The summed E-state index contributed by atoms with van der Waals surface area (Å²) in [6, 6.07) is 5.69. The molecule has 1 aliphatic rings. The Kier molecular flexibility index (Phi) is 2.56. The van der Waals surface area contributed by atoms with Crippen LogP contribution in [0.5, 0.6) is 0 Å². The van der Waals surface area contributed by atoms with Crippen LogP contribution in [0.25, 0.3) is 0 Å². The Balaban J connectivity index is 2.98. The summed E-state index contributed by atoms with van der Waals surface area (Å²) in [5, 5.41) is 4.22. The maximum absolute atomic E-state index is 8.29. The van der Waals surface area contributed by atoms with Gasteiger partial charge < -0.3 is 5.32 Å². The van der Waals surface area contributed by atoms with Gasteiger partial charge >= 0.3 is 0 Å². The zero-order chi connectivity index (χ0) is 18.1. The van der Waals surface area contributed by atoms with E-state index in [2.05, 4.69) is 33.0 Å². The Labute approximate surface area is 133 Å². The van der Waals surface area contributed by atoms with E-state index in [0.29, 0.717) is 5.02 Å². The van der Waals surface area contributed by atoms with Gasteiger partial charge in [-0.25, -0.2) is 0 Å². The van der Waals surface area contributed by atoms with Gasteiger partial charge in [0.25, 0.3) is 0 Å². The summed E-state index contributed by atoms with van der Waals surface area (Å²) < 4.78 is 24.9. The minimum atomic E-state index is -2.17. The molecule has 112 valence electrons. The van der Waals surface area contributed by atoms with E-state index in [0.717, 1.165) is 11.1 Å². The number of fused-ring (bicyclic) bond motifs is 1. The van der Waals surface area contributed by atoms with Gasteiger partial charge in [0.2, 0.25) is 0 Å². The zero-order valence-electron chi connectivity index (χ0n) is 16.6. The molecule has 0 saturated heterocycles. The minimum Gasteiger partial charge on any atom is -0.305 e. The van der Waals surface area contributed by atoms with Crippen LogP contribution in [0.1, 0.15) is 70.6 Å². The van der Waals surface area contributed by atoms with Crippen molar-refractivity contribution in [3.8, 4) is 0 Å². The molecular formula is C18H28ClN. The van der Waals surface area contributed by atoms with Crippen molar-refractivity contribution in [2.75, 3.05) is 0 Å². The van der Waals surface area contributed by atoms with E-state index in [9.17, 15) is 0 Å². The maximum atomic E-state index is 8.29. The van der Waals surface area contributed by atoms with Crippen LogP contribution < -0.4 is 5.32 Å². The lowest BCUT2D eigenvalue weighted by molar-refractivity contribution is 0.146. The van der Waals surface area contributed by atoms with E-state index >= 15 is 0 Å². The van der Waals surface area contributed by atoms with Gasteiger partial charge in [-0.2, -0.15) is 0 Å². The SMILES string of the molecule is [2H]C([2H])([2H])[C@]1(C)c2cc(Cl)ccc2C(C)(C)C(C)(C)NC1(C)C. The van der Waals surface area contributed by atoms with Crippen molar-refractivity contribution in [3.63, 3.8) is 0 Å². The Morgan fingerprint density at radius 1 is 0.900 bits per heavy atom. The van der Waals surface area contributed by atoms with Gasteiger partial charge in [-0.3, -0.25) is 0 Å². The molecule has 1 heterocycles. The third kappa shape index (κ3) is 2.02. The van der Waals surface area contributed by atoms with Gasteiger partial charge in [0, 0.05) is 31.0 Å². The molecular weight excluding hydrogens is 266 g/mol. The molecule has 1 N–H and O–H groups in total. The molecule has 1 nitrogen and oxygen atoms in total. The second-order valence-electron chi connectivity index (χ2n) is 7.81. The highest BCUT2D eigenvalue weighted by molar-refractivity contribution is 6.30. The number of benzene rings is 1. The van der Waals surface area contributed by atoms with Gasteiger partial charge in [-0.1, -0.05) is 45.3 Å². The standard InChI is InChI=1S/C18H28ClN/c1-15(2)13-10-9-12(19)11-14(13)16(3,4)18(7,8)20-17(15,5)6/h9-11,20H,1-8H3/i3D3/t16-/m0/s1. The Morgan fingerprint density at radius 3 is 2.00 bits per heavy atom. The topological polar surface area (TPSA) is 12.0 Å². The molecule has 0 spiro atoms. The fourth-order valence-electron chi connectivity index (χ4n) is 3.21. The Hall–Kier alpha value is -0.530. The van der Waals surface area contributed by atoms with E-state index in [4.69, 9.17) is 15.7 Å². The molecule has 0 radical (unpaired) electrons. The van der Waals surface area contributed by atoms with Crippen molar-refractivity contribution in [1.29, 1.82) is 0 Å². The summed E-state index contributed by atoms with van der Waals surface area (Å²) >= 11 is 6.26. The van der Waals surface area contributed by atoms with Crippen LogP contribution in [-0.2, 0) is 10.8 Å². The lowest BCUT2D eigenvalue weighted by atomic mass is 9.66. The van der Waals surface area contributed by atoms with E-state index in [1.807, 2.05) is 39.0 Å². The highest BCUT2D eigenvalue weighted by atomic mass is 35.5. The smallest absolute Gasteiger partial charge is 0.0409 e. The van der Waals surface area contributed by atoms with Crippen LogP contribution in [0, 0.1) is 0 Å². The number of hydrogen-bond acceptors (Lipinski definition) is 1. The monoisotopic (exact) mass is 296 g/mol. The molecule has 0 bridgehead atoms. The highest BCUT2D eigenvalue weighted by Gasteiger charge is 2.52. The number of hydrogen-bond donors (Lipinski definition) is 1. The molecule has 1 aromatic rings. The third-order valence-electron chi connectivity index (χ3n) is 5.63.